The molecule has 1 atom stereocenters. The normalized spacial score (nSPS) is 21.6. The lowest BCUT2D eigenvalue weighted by Gasteiger charge is -2.26. The molecule has 0 aromatic carbocycles. The molecule has 4 rings (SSSR count). The summed E-state index contributed by atoms with van der Waals surface area (Å²) in [5.41, 5.74) is 1.11. The first kappa shape index (κ1) is 17.3. The zero-order valence-electron chi connectivity index (χ0n) is 14.5. The van der Waals surface area contributed by atoms with Gasteiger partial charge >= 0.3 is 0 Å². The first-order chi connectivity index (χ1) is 12.1. The van der Waals surface area contributed by atoms with Crippen LogP contribution in [0.2, 0.25) is 0 Å². The van der Waals surface area contributed by atoms with Gasteiger partial charge in [-0.1, -0.05) is 18.7 Å². The third kappa shape index (κ3) is 3.32. The predicted octanol–water partition coefficient (Wildman–Crippen LogP) is 2.04. The number of nitrogens with zero attached hydrogens (tertiary/aromatic N) is 3. The van der Waals surface area contributed by atoms with E-state index in [4.69, 9.17) is 15.6 Å². The van der Waals surface area contributed by atoms with Crippen molar-refractivity contribution in [1.29, 1.82) is 0 Å². The van der Waals surface area contributed by atoms with Crippen molar-refractivity contribution in [2.24, 2.45) is 0 Å². The second-order valence-electron chi connectivity index (χ2n) is 6.78. The van der Waals surface area contributed by atoms with E-state index in [0.717, 1.165) is 61.7 Å². The van der Waals surface area contributed by atoms with E-state index < -0.39 is 0 Å². The maximum Gasteiger partial charge on any atom is 0.281 e. The van der Waals surface area contributed by atoms with Crippen molar-refractivity contribution >= 4 is 33.3 Å². The van der Waals surface area contributed by atoms with E-state index in [1.165, 1.54) is 21.5 Å². The Balaban J connectivity index is 1.58. The molecule has 0 amide bonds. The summed E-state index contributed by atoms with van der Waals surface area (Å²) in [5, 5.41) is 1.38. The first-order valence-electron chi connectivity index (χ1n) is 8.91. The van der Waals surface area contributed by atoms with Crippen LogP contribution in [0.4, 0.5) is 0 Å². The van der Waals surface area contributed by atoms with Crippen molar-refractivity contribution in [2.45, 2.75) is 37.3 Å². The van der Waals surface area contributed by atoms with Gasteiger partial charge in [-0.05, 0) is 30.7 Å². The van der Waals surface area contributed by atoms with Crippen molar-refractivity contribution in [2.75, 3.05) is 44.4 Å². The van der Waals surface area contributed by atoms with E-state index in [9.17, 15) is 4.79 Å². The van der Waals surface area contributed by atoms with Crippen molar-refractivity contribution in [3.05, 3.63) is 20.8 Å². The fourth-order valence-corrected chi connectivity index (χ4v) is 6.02. The second kappa shape index (κ2) is 7.26. The van der Waals surface area contributed by atoms with Gasteiger partial charge < -0.3 is 10.6 Å². The molecule has 3 heterocycles. The summed E-state index contributed by atoms with van der Waals surface area (Å²) in [5.74, 6) is 7.39. The molecule has 8 heteroatoms. The average Bonchev–Trinajstić information content (AvgIpc) is 3.00. The molecular formula is C17H24N4O2S2. The first-order valence-corrected chi connectivity index (χ1v) is 10.7. The summed E-state index contributed by atoms with van der Waals surface area (Å²) in [6, 6.07) is 0. The SMILES string of the molecule is CC1CCCc2sc3nc(SCCN4CCOCC4)n(N)c(=O)c3c21. The summed E-state index contributed by atoms with van der Waals surface area (Å²) >= 11 is 3.25. The van der Waals surface area contributed by atoms with Gasteiger partial charge in [0.05, 0.1) is 18.6 Å². The number of nitrogen functional groups attached to an aromatic ring is 1. The Labute approximate surface area is 155 Å². The topological polar surface area (TPSA) is 73.4 Å². The second-order valence-corrected chi connectivity index (χ2v) is 8.93. The van der Waals surface area contributed by atoms with Gasteiger partial charge in [-0.2, -0.15) is 0 Å². The van der Waals surface area contributed by atoms with Gasteiger partial charge in [0.1, 0.15) is 4.83 Å². The van der Waals surface area contributed by atoms with E-state index in [-0.39, 0.29) is 5.56 Å². The molecular weight excluding hydrogens is 356 g/mol. The fraction of sp³-hybridized carbons (Fsp3) is 0.647. The number of aryl methyl sites for hydroxylation is 1. The summed E-state index contributed by atoms with van der Waals surface area (Å²) in [4.78, 5) is 22.2. The van der Waals surface area contributed by atoms with E-state index in [1.807, 2.05) is 0 Å². The van der Waals surface area contributed by atoms with Crippen LogP contribution in [0.5, 0.6) is 0 Å². The summed E-state index contributed by atoms with van der Waals surface area (Å²) in [6.45, 7) is 6.70. The number of aromatic nitrogens is 2. The monoisotopic (exact) mass is 380 g/mol. The van der Waals surface area contributed by atoms with E-state index in [0.29, 0.717) is 11.1 Å². The Kier molecular flexibility index (Phi) is 5.04. The Bertz CT molecular complexity index is 826. The van der Waals surface area contributed by atoms with Gasteiger partial charge in [0.2, 0.25) is 0 Å². The number of fused-ring (bicyclic) bond motifs is 3. The molecule has 0 bridgehead atoms. The minimum atomic E-state index is -0.0925. The van der Waals surface area contributed by atoms with Crippen molar-refractivity contribution in [1.82, 2.24) is 14.6 Å². The Morgan fingerprint density at radius 3 is 3.00 bits per heavy atom. The highest BCUT2D eigenvalue weighted by atomic mass is 32.2. The molecule has 1 fully saturated rings. The molecule has 2 N–H and O–H groups in total. The summed E-state index contributed by atoms with van der Waals surface area (Å²) in [7, 11) is 0. The van der Waals surface area contributed by atoms with Crippen LogP contribution in [0.3, 0.4) is 0 Å². The number of hydrogen-bond donors (Lipinski definition) is 1. The molecule has 0 saturated carbocycles. The molecule has 1 aliphatic carbocycles. The average molecular weight is 381 g/mol. The molecule has 136 valence electrons. The standard InChI is InChI=1S/C17H24N4O2S2/c1-11-3-2-4-12-13(11)14-15(25-12)19-17(21(18)16(14)22)24-10-7-20-5-8-23-9-6-20/h11H,2-10,18H2,1H3. The quantitative estimate of drug-likeness (QED) is 0.497. The lowest BCUT2D eigenvalue weighted by Crippen LogP contribution is -2.37. The highest BCUT2D eigenvalue weighted by Gasteiger charge is 2.26. The summed E-state index contributed by atoms with van der Waals surface area (Å²) in [6.07, 6.45) is 3.39. The van der Waals surface area contributed by atoms with Crippen LogP contribution in [0.25, 0.3) is 10.2 Å². The highest BCUT2D eigenvalue weighted by molar-refractivity contribution is 7.99. The van der Waals surface area contributed by atoms with E-state index >= 15 is 0 Å². The molecule has 1 unspecified atom stereocenters. The number of morpholine rings is 1. The number of hydrogen-bond acceptors (Lipinski definition) is 7. The van der Waals surface area contributed by atoms with Gasteiger partial charge in [0.15, 0.2) is 5.16 Å². The van der Waals surface area contributed by atoms with E-state index in [1.54, 1.807) is 23.1 Å². The maximum atomic E-state index is 12.9. The van der Waals surface area contributed by atoms with Crippen LogP contribution in [-0.4, -0.2) is 53.2 Å². The lowest BCUT2D eigenvalue weighted by molar-refractivity contribution is 0.0410. The minimum Gasteiger partial charge on any atom is -0.379 e. The molecule has 1 saturated heterocycles. The van der Waals surface area contributed by atoms with Gasteiger partial charge in [-0.25, -0.2) is 9.66 Å². The minimum absolute atomic E-state index is 0.0925. The van der Waals surface area contributed by atoms with Gasteiger partial charge in [0, 0.05) is 30.3 Å². The third-order valence-corrected chi connectivity index (χ3v) is 7.21. The number of thioether (sulfide) groups is 1. The van der Waals surface area contributed by atoms with Crippen LogP contribution >= 0.6 is 23.1 Å². The Morgan fingerprint density at radius 1 is 1.40 bits per heavy atom. The lowest BCUT2D eigenvalue weighted by atomic mass is 9.88. The molecule has 2 aromatic heterocycles. The molecule has 2 aromatic rings. The zero-order valence-corrected chi connectivity index (χ0v) is 16.1. The van der Waals surface area contributed by atoms with Gasteiger partial charge in [-0.3, -0.25) is 9.69 Å². The molecule has 6 nitrogen and oxygen atoms in total. The Hall–Kier alpha value is -1.09. The number of nitrogens with two attached hydrogens (primary N) is 1. The predicted molar refractivity (Wildman–Crippen MR) is 103 cm³/mol. The molecule has 1 aliphatic heterocycles. The van der Waals surface area contributed by atoms with Crippen molar-refractivity contribution < 1.29 is 4.74 Å². The molecule has 25 heavy (non-hydrogen) atoms. The van der Waals surface area contributed by atoms with Crippen LogP contribution in [0.1, 0.15) is 36.1 Å². The Morgan fingerprint density at radius 2 is 2.20 bits per heavy atom. The molecule has 2 aliphatic rings. The van der Waals surface area contributed by atoms with Gasteiger partial charge in [0.25, 0.3) is 5.56 Å². The largest absolute Gasteiger partial charge is 0.379 e. The molecule has 0 spiro atoms. The maximum absolute atomic E-state index is 12.9. The fourth-order valence-electron chi connectivity index (χ4n) is 3.72. The summed E-state index contributed by atoms with van der Waals surface area (Å²) < 4.78 is 6.62. The van der Waals surface area contributed by atoms with Crippen LogP contribution in [0.15, 0.2) is 9.95 Å². The molecule has 0 radical (unpaired) electrons. The number of rotatable bonds is 4. The smallest absolute Gasteiger partial charge is 0.281 e. The van der Waals surface area contributed by atoms with Crippen LogP contribution in [0, 0.1) is 0 Å². The third-order valence-electron chi connectivity index (χ3n) is 5.12. The van der Waals surface area contributed by atoms with Crippen molar-refractivity contribution in [3.63, 3.8) is 0 Å². The number of thiophene rings is 1. The van der Waals surface area contributed by atoms with Crippen LogP contribution in [-0.2, 0) is 11.2 Å². The van der Waals surface area contributed by atoms with E-state index in [2.05, 4.69) is 11.8 Å². The van der Waals surface area contributed by atoms with Crippen molar-refractivity contribution in [3.8, 4) is 0 Å². The zero-order chi connectivity index (χ0) is 17.4. The van der Waals surface area contributed by atoms with Gasteiger partial charge in [-0.15, -0.1) is 11.3 Å². The number of ether oxygens (including phenoxy) is 1. The highest BCUT2D eigenvalue weighted by Crippen LogP contribution is 2.40. The van der Waals surface area contributed by atoms with Crippen LogP contribution < -0.4 is 11.4 Å².